The van der Waals surface area contributed by atoms with Crippen molar-refractivity contribution in [3.8, 4) is 0 Å². The topological polar surface area (TPSA) is 62.5 Å². The molecule has 1 heterocycles. The molecule has 0 aliphatic carbocycles. The molecule has 0 aliphatic heterocycles. The Morgan fingerprint density at radius 2 is 2.33 bits per heavy atom. The summed E-state index contributed by atoms with van der Waals surface area (Å²) < 4.78 is 4.47. The lowest BCUT2D eigenvalue weighted by molar-refractivity contribution is 0.558. The van der Waals surface area contributed by atoms with Crippen molar-refractivity contribution >= 4 is 0 Å². The zero-order valence-electron chi connectivity index (χ0n) is 3.59. The summed E-state index contributed by atoms with van der Waals surface area (Å²) in [5.74, 6) is 0. The molecule has 0 aliphatic rings. The van der Waals surface area contributed by atoms with Crippen molar-refractivity contribution in [1.29, 1.82) is 0 Å². The summed E-state index contributed by atoms with van der Waals surface area (Å²) in [4.78, 5) is 3.56. The number of aromatic nitrogens is 1. The fourth-order valence-corrected chi connectivity index (χ4v) is 0.176. The third-order valence-electron chi connectivity index (χ3n) is 0.347. The Hall–Kier alpha value is -0.830. The van der Waals surface area contributed by atoms with E-state index in [1.54, 1.807) is 6.20 Å². The summed E-state index contributed by atoms with van der Waals surface area (Å²) in [5, 5.41) is 0. The second kappa shape index (κ2) is 2.41. The number of oxazole rings is 1. The van der Waals surface area contributed by atoms with Crippen LogP contribution in [-0.2, 0) is 0 Å². The van der Waals surface area contributed by atoms with Gasteiger partial charge in [0.05, 0.1) is 6.20 Å². The highest BCUT2D eigenvalue weighted by molar-refractivity contribution is 4.56. The van der Waals surface area contributed by atoms with Gasteiger partial charge >= 0.3 is 0 Å². The van der Waals surface area contributed by atoms with Gasteiger partial charge < -0.3 is 10.6 Å². The molecule has 4 N–H and O–H groups in total. The first-order chi connectivity index (χ1) is 2.50. The zero-order chi connectivity index (χ0) is 3.54. The van der Waals surface area contributed by atoms with Crippen molar-refractivity contribution in [3.05, 3.63) is 18.9 Å². The minimum absolute atomic E-state index is 0. The first-order valence-electron chi connectivity index (χ1n) is 1.32. The Balaban J connectivity index is 0.000000250. The number of rotatable bonds is 0. The molecule has 0 amide bonds. The van der Waals surface area contributed by atoms with Crippen LogP contribution in [0.15, 0.2) is 23.3 Å². The normalized spacial score (nSPS) is 6.67. The van der Waals surface area contributed by atoms with E-state index in [4.69, 9.17) is 0 Å². The van der Waals surface area contributed by atoms with Crippen molar-refractivity contribution < 1.29 is 4.42 Å². The second-order valence-electron chi connectivity index (χ2n) is 0.676. The molecule has 0 bridgehead atoms. The van der Waals surface area contributed by atoms with Crippen LogP contribution in [0.5, 0.6) is 0 Å². The summed E-state index contributed by atoms with van der Waals surface area (Å²) >= 11 is 0. The van der Waals surface area contributed by atoms with Crippen LogP contribution in [0.25, 0.3) is 0 Å². The van der Waals surface area contributed by atoms with Crippen LogP contribution in [0, 0.1) is 0 Å². The van der Waals surface area contributed by atoms with E-state index >= 15 is 0 Å². The molecule has 1 rings (SSSR count). The van der Waals surface area contributed by atoms with Gasteiger partial charge in [-0.2, -0.15) is 0 Å². The maximum absolute atomic E-state index is 4.47. The zero-order valence-corrected chi connectivity index (χ0v) is 3.59. The smallest absolute Gasteiger partial charge is 0.180 e. The van der Waals surface area contributed by atoms with Gasteiger partial charge in [0.15, 0.2) is 6.39 Å². The molecule has 0 saturated carbocycles. The van der Waals surface area contributed by atoms with E-state index < -0.39 is 0 Å². The highest BCUT2D eigenvalue weighted by atomic mass is 16.3. The highest BCUT2D eigenvalue weighted by Crippen LogP contribution is 1.72. The number of hydrogen-bond donors (Lipinski definition) is 1. The van der Waals surface area contributed by atoms with Crippen LogP contribution in [-0.4, -0.2) is 4.98 Å². The standard InChI is InChI=1S/C3H3NO.H3N/c1-2-5-3-4-1;/h1-3H;1H3/p+1. The van der Waals surface area contributed by atoms with Crippen LogP contribution >= 0.6 is 0 Å². The summed E-state index contributed by atoms with van der Waals surface area (Å²) in [7, 11) is 0. The van der Waals surface area contributed by atoms with Gasteiger partial charge in [0.25, 0.3) is 0 Å². The third kappa shape index (κ3) is 0.858. The highest BCUT2D eigenvalue weighted by Gasteiger charge is 1.59. The molecule has 6 heavy (non-hydrogen) atoms. The molecule has 0 radical (unpaired) electrons. The van der Waals surface area contributed by atoms with Gasteiger partial charge in [-0.3, -0.25) is 0 Å². The first-order valence-corrected chi connectivity index (χ1v) is 1.32. The third-order valence-corrected chi connectivity index (χ3v) is 0.347. The molecule has 1 aromatic heterocycles. The lowest BCUT2D eigenvalue weighted by Crippen LogP contribution is -1.38. The Kier molecular flexibility index (Phi) is 2.08. The lowest BCUT2D eigenvalue weighted by atomic mass is 11.0. The molecule has 3 nitrogen and oxygen atoms in total. The molecule has 0 spiro atoms. The van der Waals surface area contributed by atoms with Crippen molar-refractivity contribution in [2.24, 2.45) is 0 Å². The van der Waals surface area contributed by atoms with Crippen LogP contribution in [0.2, 0.25) is 0 Å². The fourth-order valence-electron chi connectivity index (χ4n) is 0.176. The molecule has 1 aromatic rings. The number of nitrogens with zero attached hydrogens (tertiary/aromatic N) is 1. The van der Waals surface area contributed by atoms with E-state index in [1.165, 1.54) is 12.7 Å². The summed E-state index contributed by atoms with van der Waals surface area (Å²) in [6.45, 7) is 0. The van der Waals surface area contributed by atoms with E-state index in [1.807, 2.05) is 0 Å². The lowest BCUT2D eigenvalue weighted by Gasteiger charge is -1.47. The van der Waals surface area contributed by atoms with Crippen molar-refractivity contribution in [1.82, 2.24) is 11.1 Å². The Labute approximate surface area is 35.6 Å². The predicted molar refractivity (Wildman–Crippen MR) is 22.5 cm³/mol. The molecular formula is C3H7N2O+. The molecule has 0 atom stereocenters. The van der Waals surface area contributed by atoms with E-state index in [2.05, 4.69) is 9.40 Å². The monoisotopic (exact) mass is 87.1 g/mol. The SMILES string of the molecule is [NH4+].c1cocn1. The van der Waals surface area contributed by atoms with Crippen molar-refractivity contribution in [3.63, 3.8) is 0 Å². The van der Waals surface area contributed by atoms with Crippen LogP contribution in [0.1, 0.15) is 0 Å². The quantitative estimate of drug-likeness (QED) is 0.514. The van der Waals surface area contributed by atoms with Gasteiger partial charge in [0.1, 0.15) is 6.26 Å². The Morgan fingerprint density at radius 3 is 2.50 bits per heavy atom. The van der Waals surface area contributed by atoms with Crippen LogP contribution < -0.4 is 6.15 Å². The van der Waals surface area contributed by atoms with Gasteiger partial charge in [0.2, 0.25) is 0 Å². The average molecular weight is 87.1 g/mol. The summed E-state index contributed by atoms with van der Waals surface area (Å²) in [5.41, 5.74) is 0. The van der Waals surface area contributed by atoms with Gasteiger partial charge in [-0.25, -0.2) is 4.98 Å². The van der Waals surface area contributed by atoms with Crippen LogP contribution in [0.4, 0.5) is 0 Å². The fraction of sp³-hybridized carbons (Fsp3) is 0. The minimum atomic E-state index is 0. The maximum atomic E-state index is 4.47. The van der Waals surface area contributed by atoms with Crippen LogP contribution in [0.3, 0.4) is 0 Å². The van der Waals surface area contributed by atoms with Gasteiger partial charge in [0, 0.05) is 0 Å². The molecule has 0 unspecified atom stereocenters. The molecular weight excluding hydrogens is 80.0 g/mol. The van der Waals surface area contributed by atoms with Gasteiger partial charge in [-0.15, -0.1) is 0 Å². The largest absolute Gasteiger partial charge is 0.452 e. The predicted octanol–water partition coefficient (Wildman–Crippen LogP) is 1.05. The molecule has 34 valence electrons. The number of hydrogen-bond acceptors (Lipinski definition) is 2. The number of quaternary nitrogens is 1. The maximum Gasteiger partial charge on any atom is 0.180 e. The Bertz CT molecular complexity index is 65.3. The van der Waals surface area contributed by atoms with Crippen molar-refractivity contribution in [2.45, 2.75) is 0 Å². The average Bonchev–Trinajstić information content (AvgIpc) is 1.76. The summed E-state index contributed by atoms with van der Waals surface area (Å²) in [6, 6.07) is 0. The minimum Gasteiger partial charge on any atom is -0.452 e. The van der Waals surface area contributed by atoms with Gasteiger partial charge in [-0.05, 0) is 0 Å². The molecule has 0 aromatic carbocycles. The molecule has 3 heteroatoms. The molecule has 0 saturated heterocycles. The van der Waals surface area contributed by atoms with E-state index in [0.29, 0.717) is 0 Å². The van der Waals surface area contributed by atoms with Crippen molar-refractivity contribution in [2.75, 3.05) is 0 Å². The molecule has 0 fully saturated rings. The first kappa shape index (κ1) is 5.17. The van der Waals surface area contributed by atoms with E-state index in [0.717, 1.165) is 0 Å². The summed E-state index contributed by atoms with van der Waals surface area (Å²) in [6.07, 6.45) is 4.47. The second-order valence-corrected chi connectivity index (χ2v) is 0.676. The Morgan fingerprint density at radius 1 is 1.50 bits per heavy atom. The van der Waals surface area contributed by atoms with E-state index in [9.17, 15) is 0 Å². The van der Waals surface area contributed by atoms with E-state index in [-0.39, 0.29) is 6.15 Å². The van der Waals surface area contributed by atoms with Gasteiger partial charge in [-0.1, -0.05) is 0 Å².